The lowest BCUT2D eigenvalue weighted by molar-refractivity contribution is -0.132. The van der Waals surface area contributed by atoms with Gasteiger partial charge in [0.2, 0.25) is 11.8 Å². The number of nitrogens with two attached hydrogens (primary N) is 1. The van der Waals surface area contributed by atoms with Gasteiger partial charge in [0.25, 0.3) is 0 Å². The van der Waals surface area contributed by atoms with E-state index in [1.165, 1.54) is 0 Å². The van der Waals surface area contributed by atoms with E-state index < -0.39 is 11.5 Å². The highest BCUT2D eigenvalue weighted by Gasteiger charge is 2.42. The third-order valence-corrected chi connectivity index (χ3v) is 4.54. The van der Waals surface area contributed by atoms with Crippen molar-refractivity contribution in [2.24, 2.45) is 11.1 Å². The van der Waals surface area contributed by atoms with Crippen LogP contribution >= 0.6 is 12.2 Å². The van der Waals surface area contributed by atoms with Crippen molar-refractivity contribution in [3.8, 4) is 0 Å². The summed E-state index contributed by atoms with van der Waals surface area (Å²) in [7, 11) is 0. The molecule has 2 amide bonds. The first-order valence-electron chi connectivity index (χ1n) is 7.82. The number of hydrogen-bond donors (Lipinski definition) is 3. The van der Waals surface area contributed by atoms with Crippen LogP contribution in [0.5, 0.6) is 0 Å². The molecule has 6 heteroatoms. The molecular weight excluding hydrogens is 286 g/mol. The summed E-state index contributed by atoms with van der Waals surface area (Å²) < 4.78 is 0. The Balaban J connectivity index is 2.73. The van der Waals surface area contributed by atoms with Crippen molar-refractivity contribution in [3.05, 3.63) is 0 Å². The zero-order valence-electron chi connectivity index (χ0n) is 13.0. The van der Waals surface area contributed by atoms with Crippen molar-refractivity contribution in [2.75, 3.05) is 6.54 Å². The summed E-state index contributed by atoms with van der Waals surface area (Å²) in [5.74, 6) is -0.368. The van der Waals surface area contributed by atoms with E-state index in [1.54, 1.807) is 6.92 Å². The minimum atomic E-state index is -0.787. The van der Waals surface area contributed by atoms with Crippen LogP contribution in [0.25, 0.3) is 0 Å². The second-order valence-electron chi connectivity index (χ2n) is 5.85. The van der Waals surface area contributed by atoms with Crippen molar-refractivity contribution < 1.29 is 9.59 Å². The van der Waals surface area contributed by atoms with E-state index in [0.717, 1.165) is 32.1 Å². The third kappa shape index (κ3) is 4.66. The molecule has 4 N–H and O–H groups in total. The summed E-state index contributed by atoms with van der Waals surface area (Å²) in [6, 6.07) is -0.571. The minimum Gasteiger partial charge on any atom is -0.392 e. The second-order valence-corrected chi connectivity index (χ2v) is 6.29. The summed E-state index contributed by atoms with van der Waals surface area (Å²) >= 11 is 5.17. The number of carbonyl (C=O) groups excluding carboxylic acids is 2. The molecule has 1 atom stereocenters. The van der Waals surface area contributed by atoms with E-state index in [0.29, 0.717) is 19.4 Å². The van der Waals surface area contributed by atoms with Gasteiger partial charge >= 0.3 is 0 Å². The molecule has 1 aliphatic carbocycles. The van der Waals surface area contributed by atoms with Crippen LogP contribution in [0.2, 0.25) is 0 Å². The topological polar surface area (TPSA) is 84.2 Å². The Labute approximate surface area is 132 Å². The number of thiocarbonyl (C=S) groups is 1. The maximum atomic E-state index is 12.6. The van der Waals surface area contributed by atoms with Crippen LogP contribution in [0.1, 0.15) is 58.8 Å². The summed E-state index contributed by atoms with van der Waals surface area (Å²) in [6.07, 6.45) is 6.31. The lowest BCUT2D eigenvalue weighted by Gasteiger charge is -2.31. The number of amides is 2. The molecule has 1 fully saturated rings. The lowest BCUT2D eigenvalue weighted by atomic mass is 9.79. The highest BCUT2D eigenvalue weighted by atomic mass is 32.1. The first-order valence-corrected chi connectivity index (χ1v) is 8.23. The van der Waals surface area contributed by atoms with Gasteiger partial charge in [-0.3, -0.25) is 9.59 Å². The molecule has 5 nitrogen and oxygen atoms in total. The van der Waals surface area contributed by atoms with Crippen LogP contribution in [0, 0.1) is 5.41 Å². The van der Waals surface area contributed by atoms with E-state index in [9.17, 15) is 9.59 Å². The number of nitrogens with one attached hydrogen (secondary N) is 2. The van der Waals surface area contributed by atoms with E-state index in [2.05, 4.69) is 10.6 Å². The third-order valence-electron chi connectivity index (χ3n) is 4.15. The van der Waals surface area contributed by atoms with Crippen LogP contribution in [-0.2, 0) is 9.59 Å². The zero-order chi connectivity index (χ0) is 15.9. The Hall–Kier alpha value is -1.17. The smallest absolute Gasteiger partial charge is 0.242 e. The average Bonchev–Trinajstić information content (AvgIpc) is 2.71. The lowest BCUT2D eigenvalue weighted by Crippen LogP contribution is -2.54. The van der Waals surface area contributed by atoms with Crippen LogP contribution < -0.4 is 16.4 Å². The zero-order valence-corrected chi connectivity index (χ0v) is 13.9. The van der Waals surface area contributed by atoms with Crippen molar-refractivity contribution >= 4 is 29.0 Å². The number of hydrogen-bond acceptors (Lipinski definition) is 3. The van der Waals surface area contributed by atoms with E-state index in [4.69, 9.17) is 18.0 Å². The molecule has 1 aliphatic rings. The molecule has 0 saturated heterocycles. The highest BCUT2D eigenvalue weighted by molar-refractivity contribution is 7.80. The average molecular weight is 313 g/mol. The summed E-state index contributed by atoms with van der Waals surface area (Å²) in [5.41, 5.74) is 5.09. The Kier molecular flexibility index (Phi) is 7.08. The Morgan fingerprint density at radius 1 is 1.24 bits per heavy atom. The standard InChI is InChI=1S/C15H27N3O2S/c1-3-10-17-12(19)11(2)18-14(20)15(13(16)21)8-6-4-5-7-9-15/h11H,3-10H2,1-2H3,(H2,16,21)(H,17,19)(H,18,20). The second kappa shape index (κ2) is 8.32. The van der Waals surface area contributed by atoms with Crippen LogP contribution in [0.15, 0.2) is 0 Å². The molecule has 1 unspecified atom stereocenters. The number of rotatable bonds is 6. The van der Waals surface area contributed by atoms with Crippen LogP contribution in [-0.4, -0.2) is 29.4 Å². The van der Waals surface area contributed by atoms with E-state index in [1.807, 2.05) is 6.92 Å². The SMILES string of the molecule is CCCNC(=O)C(C)NC(=O)C1(C(N)=S)CCCCCC1. The van der Waals surface area contributed by atoms with Gasteiger partial charge < -0.3 is 16.4 Å². The minimum absolute atomic E-state index is 0.170. The first kappa shape index (κ1) is 17.9. The molecule has 0 aliphatic heterocycles. The Bertz CT molecular complexity index is 390. The predicted molar refractivity (Wildman–Crippen MR) is 87.8 cm³/mol. The predicted octanol–water partition coefficient (Wildman–Crippen LogP) is 1.64. The molecule has 120 valence electrons. The Morgan fingerprint density at radius 2 is 1.81 bits per heavy atom. The highest BCUT2D eigenvalue weighted by Crippen LogP contribution is 2.35. The van der Waals surface area contributed by atoms with Crippen LogP contribution in [0.3, 0.4) is 0 Å². The summed E-state index contributed by atoms with van der Waals surface area (Å²) in [6.45, 7) is 4.28. The molecule has 0 heterocycles. The summed E-state index contributed by atoms with van der Waals surface area (Å²) in [5, 5.41) is 5.57. The molecule has 0 aromatic heterocycles. The molecule has 1 saturated carbocycles. The molecule has 0 aromatic carbocycles. The molecule has 0 bridgehead atoms. The Morgan fingerprint density at radius 3 is 2.29 bits per heavy atom. The van der Waals surface area contributed by atoms with Gasteiger partial charge in [-0.2, -0.15) is 0 Å². The van der Waals surface area contributed by atoms with Crippen molar-refractivity contribution in [2.45, 2.75) is 64.8 Å². The largest absolute Gasteiger partial charge is 0.392 e. The monoisotopic (exact) mass is 313 g/mol. The molecule has 0 radical (unpaired) electrons. The van der Waals surface area contributed by atoms with Gasteiger partial charge in [-0.25, -0.2) is 0 Å². The fourth-order valence-electron chi connectivity index (χ4n) is 2.72. The van der Waals surface area contributed by atoms with Crippen molar-refractivity contribution in [3.63, 3.8) is 0 Å². The summed E-state index contributed by atoms with van der Waals surface area (Å²) in [4.78, 5) is 24.8. The molecule has 0 spiro atoms. The van der Waals surface area contributed by atoms with Gasteiger partial charge in [0.15, 0.2) is 0 Å². The van der Waals surface area contributed by atoms with E-state index in [-0.39, 0.29) is 16.8 Å². The molecule has 1 rings (SSSR count). The normalized spacial score (nSPS) is 19.1. The van der Waals surface area contributed by atoms with Gasteiger partial charge in [-0.15, -0.1) is 0 Å². The van der Waals surface area contributed by atoms with Gasteiger partial charge in [-0.05, 0) is 26.2 Å². The quantitative estimate of drug-likeness (QED) is 0.514. The van der Waals surface area contributed by atoms with Crippen molar-refractivity contribution in [1.29, 1.82) is 0 Å². The fourth-order valence-corrected chi connectivity index (χ4v) is 3.02. The van der Waals surface area contributed by atoms with Crippen molar-refractivity contribution in [1.82, 2.24) is 10.6 Å². The van der Waals surface area contributed by atoms with Gasteiger partial charge in [-0.1, -0.05) is 44.8 Å². The molecular formula is C15H27N3O2S. The van der Waals surface area contributed by atoms with E-state index >= 15 is 0 Å². The first-order chi connectivity index (χ1) is 9.94. The van der Waals surface area contributed by atoms with Gasteiger partial charge in [0.1, 0.15) is 6.04 Å². The fraction of sp³-hybridized carbons (Fsp3) is 0.800. The van der Waals surface area contributed by atoms with Gasteiger partial charge in [0.05, 0.1) is 10.4 Å². The maximum absolute atomic E-state index is 12.6. The van der Waals surface area contributed by atoms with Crippen LogP contribution in [0.4, 0.5) is 0 Å². The maximum Gasteiger partial charge on any atom is 0.242 e. The number of carbonyl (C=O) groups is 2. The molecule has 21 heavy (non-hydrogen) atoms. The molecule has 0 aromatic rings. The van der Waals surface area contributed by atoms with Gasteiger partial charge in [0, 0.05) is 6.54 Å².